The van der Waals surface area contributed by atoms with Crippen molar-refractivity contribution < 1.29 is 9.31 Å². The summed E-state index contributed by atoms with van der Waals surface area (Å²) in [4.78, 5) is 14.7. The van der Waals surface area contributed by atoms with Crippen LogP contribution in [-0.4, -0.2) is 36.0 Å². The maximum Gasteiger partial charge on any atom is 0.272 e. The summed E-state index contributed by atoms with van der Waals surface area (Å²) in [5.74, 6) is 0.548. The van der Waals surface area contributed by atoms with Crippen molar-refractivity contribution in [1.29, 1.82) is 0 Å². The van der Waals surface area contributed by atoms with Crippen molar-refractivity contribution >= 4 is 11.4 Å². The third-order valence-corrected chi connectivity index (χ3v) is 5.29. The summed E-state index contributed by atoms with van der Waals surface area (Å²) in [6.45, 7) is 4.62. The highest BCUT2D eigenvalue weighted by Crippen LogP contribution is 2.36. The second-order valence-corrected chi connectivity index (χ2v) is 7.00. The van der Waals surface area contributed by atoms with E-state index in [1.165, 1.54) is 17.7 Å². The fourth-order valence-corrected chi connectivity index (χ4v) is 4.12. The van der Waals surface area contributed by atoms with Gasteiger partial charge in [0.2, 0.25) is 0 Å². The summed E-state index contributed by atoms with van der Waals surface area (Å²) in [6.07, 6.45) is 0. The minimum Gasteiger partial charge on any atom is -0.368 e. The topological polar surface area (TPSA) is 49.6 Å². The molecule has 2 atom stereocenters. The van der Waals surface area contributed by atoms with Gasteiger partial charge in [-0.1, -0.05) is 30.3 Å². The average Bonchev–Trinajstić information content (AvgIpc) is 3.14. The number of nitro benzene ring substituents is 1. The number of rotatable bonds is 4. The molecule has 2 heterocycles. The van der Waals surface area contributed by atoms with E-state index in [4.69, 9.17) is 0 Å². The summed E-state index contributed by atoms with van der Waals surface area (Å²) in [7, 11) is 0. The van der Waals surface area contributed by atoms with Gasteiger partial charge < -0.3 is 4.90 Å². The maximum absolute atomic E-state index is 14.2. The summed E-state index contributed by atoms with van der Waals surface area (Å²) < 4.78 is 14.2. The molecule has 2 aliphatic rings. The highest BCUT2D eigenvalue weighted by molar-refractivity contribution is 5.53. The number of anilines is 1. The second-order valence-electron chi connectivity index (χ2n) is 7.00. The first kappa shape index (κ1) is 16.0. The van der Waals surface area contributed by atoms with Gasteiger partial charge in [-0.05, 0) is 23.5 Å². The van der Waals surface area contributed by atoms with Gasteiger partial charge in [0.05, 0.1) is 16.7 Å². The van der Waals surface area contributed by atoms with Crippen LogP contribution in [0.5, 0.6) is 0 Å². The van der Waals surface area contributed by atoms with Gasteiger partial charge in [0.15, 0.2) is 5.82 Å². The number of benzene rings is 2. The third-order valence-electron chi connectivity index (χ3n) is 5.29. The van der Waals surface area contributed by atoms with Crippen LogP contribution in [0.1, 0.15) is 5.56 Å². The lowest BCUT2D eigenvalue weighted by atomic mass is 10.0. The molecule has 0 radical (unpaired) electrons. The molecule has 2 saturated heterocycles. The highest BCUT2D eigenvalue weighted by Gasteiger charge is 2.40. The highest BCUT2D eigenvalue weighted by atomic mass is 19.1. The number of nitrogens with zero attached hydrogens (tertiary/aromatic N) is 3. The Balaban J connectivity index is 1.40. The first-order chi connectivity index (χ1) is 12.1. The molecule has 0 N–H and O–H groups in total. The van der Waals surface area contributed by atoms with E-state index in [0.717, 1.165) is 38.8 Å². The van der Waals surface area contributed by atoms with Crippen LogP contribution in [0, 0.1) is 27.8 Å². The van der Waals surface area contributed by atoms with Gasteiger partial charge in [0.1, 0.15) is 0 Å². The molecule has 6 heteroatoms. The van der Waals surface area contributed by atoms with E-state index >= 15 is 0 Å². The molecule has 0 spiro atoms. The van der Waals surface area contributed by atoms with Gasteiger partial charge in [-0.2, -0.15) is 0 Å². The Bertz CT molecular complexity index is 769. The molecule has 2 aromatic rings. The zero-order valence-corrected chi connectivity index (χ0v) is 13.8. The van der Waals surface area contributed by atoms with E-state index in [-0.39, 0.29) is 5.69 Å². The van der Waals surface area contributed by atoms with Crippen molar-refractivity contribution in [2.45, 2.75) is 6.54 Å². The predicted molar refractivity (Wildman–Crippen MR) is 94.0 cm³/mol. The maximum atomic E-state index is 14.2. The molecule has 0 aromatic heterocycles. The number of likely N-dealkylation sites (tertiary alicyclic amines) is 1. The first-order valence-corrected chi connectivity index (χ1v) is 8.55. The Morgan fingerprint density at radius 1 is 1.04 bits per heavy atom. The van der Waals surface area contributed by atoms with Crippen molar-refractivity contribution in [3.8, 4) is 0 Å². The molecule has 0 bridgehead atoms. The molecule has 2 aromatic carbocycles. The molecule has 0 aliphatic carbocycles. The second kappa shape index (κ2) is 6.44. The van der Waals surface area contributed by atoms with Crippen molar-refractivity contribution in [1.82, 2.24) is 4.90 Å². The number of halogens is 1. The van der Waals surface area contributed by atoms with E-state index in [2.05, 4.69) is 29.2 Å². The van der Waals surface area contributed by atoms with Crippen LogP contribution >= 0.6 is 0 Å². The zero-order valence-electron chi connectivity index (χ0n) is 13.8. The molecular weight excluding hydrogens is 321 g/mol. The molecule has 25 heavy (non-hydrogen) atoms. The molecule has 5 nitrogen and oxygen atoms in total. The predicted octanol–water partition coefficient (Wildman–Crippen LogP) is 3.30. The molecule has 0 saturated carbocycles. The number of non-ortho nitro benzene ring substituents is 1. The van der Waals surface area contributed by atoms with Crippen LogP contribution in [-0.2, 0) is 6.54 Å². The first-order valence-electron chi connectivity index (χ1n) is 8.55. The number of hydrogen-bond donors (Lipinski definition) is 0. The minimum absolute atomic E-state index is 0.199. The molecular formula is C19H20FN3O2. The number of hydrogen-bond acceptors (Lipinski definition) is 4. The molecule has 0 unspecified atom stereocenters. The van der Waals surface area contributed by atoms with Gasteiger partial charge in [-0.15, -0.1) is 0 Å². The van der Waals surface area contributed by atoms with E-state index in [1.54, 1.807) is 0 Å². The Hall–Kier alpha value is -2.47. The van der Waals surface area contributed by atoms with Gasteiger partial charge in [-0.3, -0.25) is 15.0 Å². The van der Waals surface area contributed by atoms with Crippen molar-refractivity contribution in [3.63, 3.8) is 0 Å². The Labute approximate surface area is 145 Å². The third kappa shape index (κ3) is 3.22. The van der Waals surface area contributed by atoms with Gasteiger partial charge in [-0.25, -0.2) is 4.39 Å². The van der Waals surface area contributed by atoms with Crippen molar-refractivity contribution in [3.05, 3.63) is 70.0 Å². The SMILES string of the molecule is O=[N+]([O-])c1ccc(N2C[C@H]3CN(Cc4ccccc4)C[C@H]3C2)c(F)c1. The van der Waals surface area contributed by atoms with Crippen LogP contribution in [0.4, 0.5) is 15.8 Å². The number of nitro groups is 1. The fraction of sp³-hybridized carbons (Fsp3) is 0.368. The zero-order chi connectivity index (χ0) is 17.4. The summed E-state index contributed by atoms with van der Waals surface area (Å²) in [5, 5.41) is 10.8. The van der Waals surface area contributed by atoms with Crippen molar-refractivity contribution in [2.24, 2.45) is 11.8 Å². The molecule has 2 fully saturated rings. The van der Waals surface area contributed by atoms with Gasteiger partial charge in [0, 0.05) is 38.8 Å². The number of fused-ring (bicyclic) bond motifs is 1. The summed E-state index contributed by atoms with van der Waals surface area (Å²) >= 11 is 0. The van der Waals surface area contributed by atoms with Gasteiger partial charge >= 0.3 is 0 Å². The normalized spacial score (nSPS) is 23.0. The van der Waals surface area contributed by atoms with Crippen molar-refractivity contribution in [2.75, 3.05) is 31.1 Å². The quantitative estimate of drug-likeness (QED) is 0.632. The Morgan fingerprint density at radius 2 is 1.72 bits per heavy atom. The largest absolute Gasteiger partial charge is 0.368 e. The standard InChI is InChI=1S/C19H20FN3O2/c20-18-8-17(23(24)25)6-7-19(18)22-12-15-10-21(11-16(15)13-22)9-14-4-2-1-3-5-14/h1-8,15-16H,9-13H2/t15-,16+. The lowest BCUT2D eigenvalue weighted by Crippen LogP contribution is -2.29. The van der Waals surface area contributed by atoms with Crippen LogP contribution in [0.15, 0.2) is 48.5 Å². The lowest BCUT2D eigenvalue weighted by Gasteiger charge is -2.23. The summed E-state index contributed by atoms with van der Waals surface area (Å²) in [5.41, 5.74) is 1.60. The lowest BCUT2D eigenvalue weighted by molar-refractivity contribution is -0.385. The average molecular weight is 341 g/mol. The molecule has 0 amide bonds. The molecule has 130 valence electrons. The Morgan fingerprint density at radius 3 is 2.32 bits per heavy atom. The monoisotopic (exact) mass is 341 g/mol. The minimum atomic E-state index is -0.562. The smallest absolute Gasteiger partial charge is 0.272 e. The van der Waals surface area contributed by atoms with E-state index in [0.29, 0.717) is 17.5 Å². The molecule has 2 aliphatic heterocycles. The van der Waals surface area contributed by atoms with Crippen LogP contribution in [0.25, 0.3) is 0 Å². The summed E-state index contributed by atoms with van der Waals surface area (Å²) in [6, 6.07) is 14.4. The van der Waals surface area contributed by atoms with E-state index in [1.807, 2.05) is 11.0 Å². The Kier molecular flexibility index (Phi) is 4.13. The van der Waals surface area contributed by atoms with Crippen LogP contribution in [0.3, 0.4) is 0 Å². The van der Waals surface area contributed by atoms with E-state index in [9.17, 15) is 14.5 Å². The fourth-order valence-electron chi connectivity index (χ4n) is 4.12. The van der Waals surface area contributed by atoms with Crippen LogP contribution < -0.4 is 4.90 Å². The van der Waals surface area contributed by atoms with Gasteiger partial charge in [0.25, 0.3) is 5.69 Å². The van der Waals surface area contributed by atoms with Crippen LogP contribution in [0.2, 0.25) is 0 Å². The van der Waals surface area contributed by atoms with E-state index < -0.39 is 10.7 Å². The molecule has 4 rings (SSSR count).